The third-order valence-corrected chi connectivity index (χ3v) is 3.95. The third-order valence-electron chi connectivity index (χ3n) is 3.10. The van der Waals surface area contributed by atoms with E-state index in [9.17, 15) is 9.59 Å². The lowest BCUT2D eigenvalue weighted by Crippen LogP contribution is -2.24. The maximum Gasteiger partial charge on any atom is 0.308 e. The second kappa shape index (κ2) is 9.94. The highest BCUT2D eigenvalue weighted by molar-refractivity contribution is 9.10. The molecule has 0 heterocycles. The second-order valence-electron chi connectivity index (χ2n) is 5.16. The maximum atomic E-state index is 11.8. The summed E-state index contributed by atoms with van der Waals surface area (Å²) in [6.07, 6.45) is 1.43. The van der Waals surface area contributed by atoms with Crippen molar-refractivity contribution in [3.63, 3.8) is 0 Å². The molecule has 0 aromatic heterocycles. The minimum Gasteiger partial charge on any atom is -0.493 e. The average molecular weight is 456 g/mol. The highest BCUT2D eigenvalue weighted by atomic mass is 79.9. The summed E-state index contributed by atoms with van der Waals surface area (Å²) < 4.78 is 16.2. The zero-order valence-electron chi connectivity index (χ0n) is 14.5. The molecule has 0 aliphatic rings. The molecule has 0 saturated heterocycles. The smallest absolute Gasteiger partial charge is 0.308 e. The van der Waals surface area contributed by atoms with Crippen LogP contribution in [-0.2, 0) is 9.59 Å². The molecule has 2 aromatic carbocycles. The Balaban J connectivity index is 1.90. The summed E-state index contributed by atoms with van der Waals surface area (Å²) in [7, 11) is 1.46. The molecule has 1 N–H and O–H groups in total. The molecular weight excluding hydrogens is 440 g/mol. The van der Waals surface area contributed by atoms with Gasteiger partial charge in [0.15, 0.2) is 18.1 Å². The standard InChI is InChI=1S/C18H16BrClN2O5/c1-11(23)27-16-5-3-12(7-17(16)25-2)9-21-22-18(24)10-26-15-6-4-13(20)8-14(15)19/h3-9H,10H2,1-2H3,(H,22,24)/b21-9+. The molecule has 2 rings (SSSR count). The predicted octanol–water partition coefficient (Wildman–Crippen LogP) is 3.57. The van der Waals surface area contributed by atoms with Crippen molar-refractivity contribution in [3.05, 3.63) is 51.5 Å². The van der Waals surface area contributed by atoms with Crippen molar-refractivity contribution in [2.75, 3.05) is 13.7 Å². The molecule has 0 unspecified atom stereocenters. The molecular formula is C18H16BrClN2O5. The monoisotopic (exact) mass is 454 g/mol. The topological polar surface area (TPSA) is 86.2 Å². The van der Waals surface area contributed by atoms with E-state index in [-0.39, 0.29) is 6.61 Å². The summed E-state index contributed by atoms with van der Waals surface area (Å²) in [5.41, 5.74) is 3.00. The fourth-order valence-corrected chi connectivity index (χ4v) is 2.75. The number of carbonyl (C=O) groups excluding carboxylic acids is 2. The quantitative estimate of drug-likeness (QED) is 0.299. The van der Waals surface area contributed by atoms with E-state index < -0.39 is 11.9 Å². The number of hydrazone groups is 1. The molecule has 0 atom stereocenters. The van der Waals surface area contributed by atoms with Gasteiger partial charge in [-0.15, -0.1) is 0 Å². The molecule has 0 aliphatic heterocycles. The van der Waals surface area contributed by atoms with Crippen LogP contribution in [0.25, 0.3) is 0 Å². The molecule has 2 aromatic rings. The number of nitrogens with one attached hydrogen (secondary N) is 1. The van der Waals surface area contributed by atoms with E-state index in [2.05, 4.69) is 26.5 Å². The van der Waals surface area contributed by atoms with Gasteiger partial charge in [-0.05, 0) is 57.9 Å². The van der Waals surface area contributed by atoms with Crippen LogP contribution in [0.15, 0.2) is 46.0 Å². The normalized spacial score (nSPS) is 10.5. The Morgan fingerprint density at radius 2 is 1.93 bits per heavy atom. The number of methoxy groups -OCH3 is 1. The first-order valence-electron chi connectivity index (χ1n) is 7.65. The van der Waals surface area contributed by atoms with Gasteiger partial charge in [0.2, 0.25) is 0 Å². The maximum absolute atomic E-state index is 11.8. The van der Waals surface area contributed by atoms with Gasteiger partial charge in [0, 0.05) is 11.9 Å². The largest absolute Gasteiger partial charge is 0.493 e. The van der Waals surface area contributed by atoms with E-state index in [1.165, 1.54) is 20.2 Å². The van der Waals surface area contributed by atoms with Crippen LogP contribution < -0.4 is 19.6 Å². The molecule has 0 bridgehead atoms. The summed E-state index contributed by atoms with van der Waals surface area (Å²) >= 11 is 9.15. The fourth-order valence-electron chi connectivity index (χ4n) is 1.95. The molecule has 142 valence electrons. The minimum absolute atomic E-state index is 0.216. The molecule has 7 nitrogen and oxygen atoms in total. The molecule has 0 radical (unpaired) electrons. The van der Waals surface area contributed by atoms with Crippen LogP contribution in [0.5, 0.6) is 17.2 Å². The van der Waals surface area contributed by atoms with Gasteiger partial charge in [0.25, 0.3) is 5.91 Å². The van der Waals surface area contributed by atoms with Crippen LogP contribution in [-0.4, -0.2) is 31.8 Å². The van der Waals surface area contributed by atoms with Crippen molar-refractivity contribution in [1.82, 2.24) is 5.43 Å². The highest BCUT2D eigenvalue weighted by Gasteiger charge is 2.08. The zero-order chi connectivity index (χ0) is 19.8. The number of amides is 1. The van der Waals surface area contributed by atoms with Crippen molar-refractivity contribution in [1.29, 1.82) is 0 Å². The molecule has 0 saturated carbocycles. The Morgan fingerprint density at radius 3 is 2.59 bits per heavy atom. The number of ether oxygens (including phenoxy) is 3. The van der Waals surface area contributed by atoms with Gasteiger partial charge in [-0.1, -0.05) is 11.6 Å². The number of halogens is 2. The molecule has 0 spiro atoms. The van der Waals surface area contributed by atoms with E-state index >= 15 is 0 Å². The van der Waals surface area contributed by atoms with Crippen molar-refractivity contribution >= 4 is 45.6 Å². The van der Waals surface area contributed by atoms with Crippen molar-refractivity contribution < 1.29 is 23.8 Å². The molecule has 0 aliphatic carbocycles. The number of esters is 1. The van der Waals surface area contributed by atoms with Gasteiger partial charge >= 0.3 is 5.97 Å². The van der Waals surface area contributed by atoms with E-state index in [0.717, 1.165) is 0 Å². The molecule has 1 amide bonds. The van der Waals surface area contributed by atoms with Crippen LogP contribution in [0.2, 0.25) is 5.02 Å². The Labute approximate surface area is 169 Å². The second-order valence-corrected chi connectivity index (χ2v) is 6.45. The summed E-state index contributed by atoms with van der Waals surface area (Å²) in [6.45, 7) is 1.08. The highest BCUT2D eigenvalue weighted by Crippen LogP contribution is 2.28. The molecule has 27 heavy (non-hydrogen) atoms. The van der Waals surface area contributed by atoms with Crippen LogP contribution in [0.4, 0.5) is 0 Å². The number of rotatable bonds is 7. The average Bonchev–Trinajstić information content (AvgIpc) is 2.61. The van der Waals surface area contributed by atoms with Gasteiger partial charge < -0.3 is 14.2 Å². The summed E-state index contributed by atoms with van der Waals surface area (Å²) in [5, 5.41) is 4.41. The van der Waals surface area contributed by atoms with E-state index in [4.69, 9.17) is 25.8 Å². The van der Waals surface area contributed by atoms with Crippen molar-refractivity contribution in [2.45, 2.75) is 6.92 Å². The van der Waals surface area contributed by atoms with Crippen LogP contribution in [0.1, 0.15) is 12.5 Å². The minimum atomic E-state index is -0.450. The van der Waals surface area contributed by atoms with Gasteiger partial charge in [-0.25, -0.2) is 5.43 Å². The van der Waals surface area contributed by atoms with Gasteiger partial charge in [-0.2, -0.15) is 5.10 Å². The first-order chi connectivity index (χ1) is 12.9. The number of hydrogen-bond donors (Lipinski definition) is 1. The van der Waals surface area contributed by atoms with Gasteiger partial charge in [-0.3, -0.25) is 9.59 Å². The van der Waals surface area contributed by atoms with Crippen LogP contribution >= 0.6 is 27.5 Å². The van der Waals surface area contributed by atoms with Crippen LogP contribution in [0.3, 0.4) is 0 Å². The number of nitrogens with zero attached hydrogens (tertiary/aromatic N) is 1. The number of carbonyl (C=O) groups is 2. The lowest BCUT2D eigenvalue weighted by atomic mass is 10.2. The summed E-state index contributed by atoms with van der Waals surface area (Å²) in [4.78, 5) is 22.9. The Kier molecular flexibility index (Phi) is 7.63. The Morgan fingerprint density at radius 1 is 1.19 bits per heavy atom. The van der Waals surface area contributed by atoms with Gasteiger partial charge in [0.05, 0.1) is 17.8 Å². The van der Waals surface area contributed by atoms with Crippen molar-refractivity contribution in [3.8, 4) is 17.2 Å². The SMILES string of the molecule is COc1cc(/C=N/NC(=O)COc2ccc(Cl)cc2Br)ccc1OC(C)=O. The number of benzene rings is 2. The third kappa shape index (κ3) is 6.58. The van der Waals surface area contributed by atoms with E-state index in [1.807, 2.05) is 0 Å². The lowest BCUT2D eigenvalue weighted by molar-refractivity contribution is -0.132. The fraction of sp³-hybridized carbons (Fsp3) is 0.167. The molecule has 9 heteroatoms. The predicted molar refractivity (Wildman–Crippen MR) is 105 cm³/mol. The Hall–Kier alpha value is -2.58. The van der Waals surface area contributed by atoms with E-state index in [0.29, 0.717) is 32.3 Å². The van der Waals surface area contributed by atoms with E-state index in [1.54, 1.807) is 36.4 Å². The lowest BCUT2D eigenvalue weighted by Gasteiger charge is -2.08. The molecule has 0 fully saturated rings. The van der Waals surface area contributed by atoms with Crippen LogP contribution in [0, 0.1) is 0 Å². The Bertz CT molecular complexity index is 873. The van der Waals surface area contributed by atoms with Gasteiger partial charge in [0.1, 0.15) is 5.75 Å². The summed E-state index contributed by atoms with van der Waals surface area (Å²) in [5.74, 6) is 0.278. The number of hydrogen-bond acceptors (Lipinski definition) is 6. The van der Waals surface area contributed by atoms with Crippen molar-refractivity contribution in [2.24, 2.45) is 5.10 Å². The zero-order valence-corrected chi connectivity index (χ0v) is 16.8. The summed E-state index contributed by atoms with van der Waals surface area (Å²) in [6, 6.07) is 9.84. The first-order valence-corrected chi connectivity index (χ1v) is 8.82. The first kappa shape index (κ1) is 20.7.